The van der Waals surface area contributed by atoms with E-state index in [4.69, 9.17) is 5.73 Å². The summed E-state index contributed by atoms with van der Waals surface area (Å²) in [5, 5.41) is 2.57. The Hall–Kier alpha value is -1.76. The number of rotatable bonds is 4. The summed E-state index contributed by atoms with van der Waals surface area (Å²) in [6.07, 6.45) is -2.49. The highest BCUT2D eigenvalue weighted by molar-refractivity contribution is 5.71. The predicted octanol–water partition coefficient (Wildman–Crippen LogP) is 2.59. The summed E-state index contributed by atoms with van der Waals surface area (Å²) in [7, 11) is 0. The zero-order valence-electron chi connectivity index (χ0n) is 12.2. The van der Waals surface area contributed by atoms with Gasteiger partial charge in [0.15, 0.2) is 0 Å². The lowest BCUT2D eigenvalue weighted by Gasteiger charge is -2.33. The Labute approximate surface area is 127 Å². The zero-order valence-corrected chi connectivity index (χ0v) is 12.2. The molecule has 1 aliphatic heterocycles. The molecule has 1 atom stereocenters. The summed E-state index contributed by atoms with van der Waals surface area (Å²) in [5.41, 5.74) is 4.76. The number of benzene rings is 1. The fourth-order valence-electron chi connectivity index (χ4n) is 2.88. The minimum absolute atomic E-state index is 0.222. The number of primary amides is 1. The van der Waals surface area contributed by atoms with Crippen molar-refractivity contribution in [3.8, 4) is 0 Å². The van der Waals surface area contributed by atoms with E-state index in [9.17, 15) is 18.0 Å². The number of carbonyl (C=O) groups is 1. The molecule has 7 heteroatoms. The first kappa shape index (κ1) is 16.6. The minimum Gasteiger partial charge on any atom is -0.352 e. The van der Waals surface area contributed by atoms with Gasteiger partial charge in [0.2, 0.25) is 0 Å². The Bertz CT molecular complexity index is 519. The van der Waals surface area contributed by atoms with E-state index in [0.717, 1.165) is 25.5 Å². The van der Waals surface area contributed by atoms with Crippen LogP contribution in [0.4, 0.5) is 18.0 Å². The molecular weight excluding hydrogens is 295 g/mol. The molecule has 0 spiro atoms. The lowest BCUT2D eigenvalue weighted by molar-refractivity contribution is -0.138. The van der Waals surface area contributed by atoms with Crippen molar-refractivity contribution in [1.29, 1.82) is 0 Å². The molecule has 2 amide bonds. The smallest absolute Gasteiger partial charge is 0.352 e. The maximum Gasteiger partial charge on any atom is 0.416 e. The minimum atomic E-state index is -4.33. The van der Waals surface area contributed by atoms with Gasteiger partial charge in [0.05, 0.1) is 5.56 Å². The number of nitrogens with one attached hydrogen (secondary N) is 1. The monoisotopic (exact) mass is 315 g/mol. The summed E-state index contributed by atoms with van der Waals surface area (Å²) < 4.78 is 39.0. The van der Waals surface area contributed by atoms with Crippen LogP contribution in [0.2, 0.25) is 0 Å². The topological polar surface area (TPSA) is 58.4 Å². The standard InChI is InChI=1S/C15H20F3N3O/c16-15(17,18)13-6-2-1-5-12(13)10-21-7-3-4-11(9-21)8-20-14(19)22/h1-2,5-6,11H,3-4,7-10H2,(H3,19,20,22)/t11-/m0/s1. The number of alkyl halides is 3. The van der Waals surface area contributed by atoms with Crippen LogP contribution in [0.5, 0.6) is 0 Å². The first-order chi connectivity index (χ1) is 10.4. The van der Waals surface area contributed by atoms with Crippen molar-refractivity contribution in [3.63, 3.8) is 0 Å². The normalized spacial score (nSPS) is 19.9. The summed E-state index contributed by atoms with van der Waals surface area (Å²) in [6, 6.07) is 5.10. The second kappa shape index (κ2) is 7.00. The third-order valence-corrected chi connectivity index (χ3v) is 3.88. The van der Waals surface area contributed by atoms with Crippen molar-refractivity contribution in [2.75, 3.05) is 19.6 Å². The number of nitrogens with zero attached hydrogens (tertiary/aromatic N) is 1. The molecule has 1 aromatic carbocycles. The van der Waals surface area contributed by atoms with Gasteiger partial charge in [-0.2, -0.15) is 13.2 Å². The van der Waals surface area contributed by atoms with Gasteiger partial charge in [0.25, 0.3) is 0 Å². The molecule has 1 aromatic rings. The number of hydrogen-bond donors (Lipinski definition) is 2. The van der Waals surface area contributed by atoms with E-state index in [-0.39, 0.29) is 12.5 Å². The van der Waals surface area contributed by atoms with Crippen molar-refractivity contribution >= 4 is 6.03 Å². The van der Waals surface area contributed by atoms with Crippen LogP contribution in [0.25, 0.3) is 0 Å². The fourth-order valence-corrected chi connectivity index (χ4v) is 2.88. The molecule has 1 heterocycles. The number of nitrogens with two attached hydrogens (primary N) is 1. The van der Waals surface area contributed by atoms with Gasteiger partial charge >= 0.3 is 12.2 Å². The number of likely N-dealkylation sites (tertiary alicyclic amines) is 1. The van der Waals surface area contributed by atoms with Crippen LogP contribution in [-0.2, 0) is 12.7 Å². The molecule has 0 saturated carbocycles. The Balaban J connectivity index is 2.00. The molecule has 3 N–H and O–H groups in total. The van der Waals surface area contributed by atoms with Crippen molar-refractivity contribution < 1.29 is 18.0 Å². The van der Waals surface area contributed by atoms with Crippen LogP contribution >= 0.6 is 0 Å². The highest BCUT2D eigenvalue weighted by atomic mass is 19.4. The second-order valence-corrected chi connectivity index (χ2v) is 5.64. The van der Waals surface area contributed by atoms with E-state index >= 15 is 0 Å². The van der Waals surface area contributed by atoms with Crippen LogP contribution in [0, 0.1) is 5.92 Å². The van der Waals surface area contributed by atoms with Crippen molar-refractivity contribution in [3.05, 3.63) is 35.4 Å². The van der Waals surface area contributed by atoms with Crippen LogP contribution < -0.4 is 11.1 Å². The lowest BCUT2D eigenvalue weighted by Crippen LogP contribution is -2.42. The van der Waals surface area contributed by atoms with Gasteiger partial charge in [-0.15, -0.1) is 0 Å². The number of piperidine rings is 1. The average Bonchev–Trinajstić information content (AvgIpc) is 2.45. The van der Waals surface area contributed by atoms with Gasteiger partial charge in [-0.25, -0.2) is 4.79 Å². The van der Waals surface area contributed by atoms with Crippen molar-refractivity contribution in [2.45, 2.75) is 25.6 Å². The first-order valence-corrected chi connectivity index (χ1v) is 7.27. The lowest BCUT2D eigenvalue weighted by atomic mass is 9.97. The van der Waals surface area contributed by atoms with Gasteiger partial charge in [-0.3, -0.25) is 4.90 Å². The first-order valence-electron chi connectivity index (χ1n) is 7.27. The van der Waals surface area contributed by atoms with E-state index in [1.165, 1.54) is 12.1 Å². The molecule has 1 saturated heterocycles. The Morgan fingerprint density at radius 2 is 2.09 bits per heavy atom. The molecule has 2 rings (SSSR count). The Morgan fingerprint density at radius 1 is 1.36 bits per heavy atom. The van der Waals surface area contributed by atoms with Crippen molar-refractivity contribution in [2.24, 2.45) is 11.7 Å². The van der Waals surface area contributed by atoms with E-state index in [1.807, 2.05) is 4.90 Å². The molecule has 0 radical (unpaired) electrons. The van der Waals surface area contributed by atoms with Gasteiger partial charge in [-0.05, 0) is 36.9 Å². The Kier molecular flexibility index (Phi) is 5.28. The van der Waals surface area contributed by atoms with Gasteiger partial charge in [0.1, 0.15) is 0 Å². The summed E-state index contributed by atoms with van der Waals surface area (Å²) in [5.74, 6) is 0.222. The SMILES string of the molecule is NC(=O)NC[C@@H]1CCCN(Cc2ccccc2C(F)(F)F)C1. The van der Waals surface area contributed by atoms with Crippen LogP contribution in [0.15, 0.2) is 24.3 Å². The summed E-state index contributed by atoms with van der Waals surface area (Å²) >= 11 is 0. The molecule has 1 aliphatic rings. The maximum absolute atomic E-state index is 13.0. The van der Waals surface area contributed by atoms with Crippen LogP contribution in [0.1, 0.15) is 24.0 Å². The predicted molar refractivity (Wildman–Crippen MR) is 77.0 cm³/mol. The molecule has 22 heavy (non-hydrogen) atoms. The Morgan fingerprint density at radius 3 is 2.77 bits per heavy atom. The summed E-state index contributed by atoms with van der Waals surface area (Å²) in [6.45, 7) is 2.15. The third-order valence-electron chi connectivity index (χ3n) is 3.88. The van der Waals surface area contributed by atoms with Crippen LogP contribution in [-0.4, -0.2) is 30.6 Å². The quantitative estimate of drug-likeness (QED) is 0.897. The van der Waals surface area contributed by atoms with Crippen molar-refractivity contribution in [1.82, 2.24) is 10.2 Å². The molecule has 4 nitrogen and oxygen atoms in total. The van der Waals surface area contributed by atoms with Gasteiger partial charge in [-0.1, -0.05) is 18.2 Å². The molecule has 0 aromatic heterocycles. The largest absolute Gasteiger partial charge is 0.416 e. The van der Waals surface area contributed by atoms with E-state index in [1.54, 1.807) is 6.07 Å². The fraction of sp³-hybridized carbons (Fsp3) is 0.533. The number of carbonyl (C=O) groups excluding carboxylic acids is 1. The molecule has 0 unspecified atom stereocenters. The van der Waals surface area contributed by atoms with E-state index in [2.05, 4.69) is 5.32 Å². The molecular formula is C15H20F3N3O. The third kappa shape index (κ3) is 4.62. The second-order valence-electron chi connectivity index (χ2n) is 5.64. The molecule has 0 bridgehead atoms. The number of halogens is 3. The van der Waals surface area contributed by atoms with E-state index < -0.39 is 17.8 Å². The van der Waals surface area contributed by atoms with Gasteiger partial charge in [0, 0.05) is 19.6 Å². The zero-order chi connectivity index (χ0) is 16.2. The summed E-state index contributed by atoms with van der Waals surface area (Å²) in [4.78, 5) is 12.7. The van der Waals surface area contributed by atoms with Crippen LogP contribution in [0.3, 0.4) is 0 Å². The number of hydrogen-bond acceptors (Lipinski definition) is 2. The number of urea groups is 1. The molecule has 122 valence electrons. The molecule has 1 fully saturated rings. The highest BCUT2D eigenvalue weighted by Gasteiger charge is 2.33. The average molecular weight is 315 g/mol. The maximum atomic E-state index is 13.0. The van der Waals surface area contributed by atoms with E-state index in [0.29, 0.717) is 18.7 Å². The highest BCUT2D eigenvalue weighted by Crippen LogP contribution is 2.32. The molecule has 0 aliphatic carbocycles. The number of amides is 2. The van der Waals surface area contributed by atoms with Gasteiger partial charge < -0.3 is 11.1 Å².